The zero-order chi connectivity index (χ0) is 29.7. The molecule has 0 unspecified atom stereocenters. The van der Waals surface area contributed by atoms with Crippen molar-refractivity contribution in [1.29, 1.82) is 0 Å². The van der Waals surface area contributed by atoms with Crippen LogP contribution in [0.1, 0.15) is 71.4 Å². The minimum atomic E-state index is -1.08. The zero-order valence-electron chi connectivity index (χ0n) is 23.9. The summed E-state index contributed by atoms with van der Waals surface area (Å²) in [5, 5.41) is 2.80. The van der Waals surface area contributed by atoms with Crippen LogP contribution in [0.15, 0.2) is 65.1 Å². The van der Waals surface area contributed by atoms with Crippen LogP contribution in [0.2, 0.25) is 0 Å². The van der Waals surface area contributed by atoms with Gasteiger partial charge in [-0.15, -0.1) is 0 Å². The van der Waals surface area contributed by atoms with Crippen molar-refractivity contribution < 1.29 is 23.9 Å². The summed E-state index contributed by atoms with van der Waals surface area (Å²) in [6, 6.07) is 18.8. The summed E-state index contributed by atoms with van der Waals surface area (Å²) in [6.45, 7) is 5.27. The molecule has 3 aliphatic carbocycles. The topological polar surface area (TPSA) is 92.8 Å². The molecule has 3 aromatic carbocycles. The number of likely N-dealkylation sites (tertiary alicyclic amines) is 1. The quantitative estimate of drug-likeness (QED) is 0.244. The smallest absolute Gasteiger partial charge is 0.329 e. The number of nitrogens with one attached hydrogen (secondary N) is 1. The number of ether oxygens (including phenoxy) is 1. The second-order valence-corrected chi connectivity index (χ2v) is 12.4. The van der Waals surface area contributed by atoms with E-state index in [2.05, 4.69) is 45.5 Å². The van der Waals surface area contributed by atoms with Gasteiger partial charge in [0.2, 0.25) is 11.8 Å². The summed E-state index contributed by atoms with van der Waals surface area (Å²) in [5.41, 5.74) is 6.75. The first-order valence-electron chi connectivity index (χ1n) is 14.5. The summed E-state index contributed by atoms with van der Waals surface area (Å²) < 4.78 is 6.41. The molecule has 216 valence electrons. The van der Waals surface area contributed by atoms with Gasteiger partial charge < -0.3 is 10.1 Å². The Bertz CT molecular complexity index is 1500. The predicted octanol–water partition coefficient (Wildman–Crippen LogP) is 6.00. The van der Waals surface area contributed by atoms with E-state index in [1.807, 2.05) is 57.2 Å². The molecule has 7 nitrogen and oxygen atoms in total. The molecule has 1 saturated heterocycles. The van der Waals surface area contributed by atoms with E-state index >= 15 is 0 Å². The van der Waals surface area contributed by atoms with Crippen molar-refractivity contribution in [3.63, 3.8) is 0 Å². The van der Waals surface area contributed by atoms with E-state index in [4.69, 9.17) is 4.74 Å². The van der Waals surface area contributed by atoms with Gasteiger partial charge in [-0.25, -0.2) is 4.79 Å². The number of unbranched alkanes of at least 4 members (excludes halogenated alkanes) is 1. The largest absolute Gasteiger partial charge is 0.454 e. The van der Waals surface area contributed by atoms with Crippen molar-refractivity contribution in [3.8, 4) is 0 Å². The highest BCUT2D eigenvalue weighted by Gasteiger charge is 2.63. The third-order valence-electron chi connectivity index (χ3n) is 9.02. The van der Waals surface area contributed by atoms with E-state index in [1.54, 1.807) is 0 Å². The van der Waals surface area contributed by atoms with Crippen molar-refractivity contribution in [2.75, 3.05) is 11.9 Å². The maximum Gasteiger partial charge on any atom is 0.329 e. The molecular weight excluding hydrogens is 596 g/mol. The lowest BCUT2D eigenvalue weighted by atomic mass is 9.55. The van der Waals surface area contributed by atoms with Gasteiger partial charge in [0, 0.05) is 22.0 Å². The minimum Gasteiger partial charge on any atom is -0.454 e. The summed E-state index contributed by atoms with van der Waals surface area (Å²) in [6.07, 6.45) is 1.69. The van der Waals surface area contributed by atoms with Gasteiger partial charge in [0.05, 0.1) is 11.8 Å². The lowest BCUT2D eigenvalue weighted by molar-refractivity contribution is -0.160. The van der Waals surface area contributed by atoms with Crippen molar-refractivity contribution in [2.24, 2.45) is 11.8 Å². The molecule has 3 atom stereocenters. The summed E-state index contributed by atoms with van der Waals surface area (Å²) >= 11 is 3.48. The molecule has 0 saturated carbocycles. The molecule has 8 heteroatoms. The number of hydrogen-bond acceptors (Lipinski definition) is 5. The number of amides is 3. The number of anilines is 1. The van der Waals surface area contributed by atoms with Gasteiger partial charge in [-0.1, -0.05) is 84.2 Å². The Kier molecular flexibility index (Phi) is 7.51. The number of aryl methyl sites for hydroxylation is 2. The normalized spacial score (nSPS) is 22.3. The number of nitrogens with zero attached hydrogens (tertiary/aromatic N) is 1. The highest BCUT2D eigenvalue weighted by Crippen LogP contribution is 2.61. The van der Waals surface area contributed by atoms with Gasteiger partial charge in [-0.05, 0) is 65.8 Å². The number of imide groups is 1. The first-order valence-corrected chi connectivity index (χ1v) is 15.3. The van der Waals surface area contributed by atoms with E-state index in [0.717, 1.165) is 44.3 Å². The van der Waals surface area contributed by atoms with Crippen LogP contribution in [-0.4, -0.2) is 41.2 Å². The molecule has 0 radical (unpaired) electrons. The van der Waals surface area contributed by atoms with Crippen LogP contribution in [0.3, 0.4) is 0 Å². The van der Waals surface area contributed by atoms with Crippen LogP contribution in [0.25, 0.3) is 0 Å². The zero-order valence-corrected chi connectivity index (χ0v) is 25.4. The Labute approximate surface area is 253 Å². The Morgan fingerprint density at radius 2 is 1.40 bits per heavy atom. The number of carbonyl (C=O) groups excluding carboxylic acids is 4. The van der Waals surface area contributed by atoms with E-state index < -0.39 is 36.4 Å². The molecule has 1 fully saturated rings. The third kappa shape index (κ3) is 4.56. The van der Waals surface area contributed by atoms with Crippen LogP contribution in [0.5, 0.6) is 0 Å². The summed E-state index contributed by atoms with van der Waals surface area (Å²) in [7, 11) is 0. The van der Waals surface area contributed by atoms with Gasteiger partial charge in [0.1, 0.15) is 6.04 Å². The average molecular weight is 630 g/mol. The van der Waals surface area contributed by atoms with Crippen molar-refractivity contribution in [3.05, 3.63) is 98.5 Å². The Morgan fingerprint density at radius 3 is 1.90 bits per heavy atom. The predicted molar refractivity (Wildman–Crippen MR) is 162 cm³/mol. The van der Waals surface area contributed by atoms with Crippen LogP contribution in [0, 0.1) is 25.7 Å². The molecule has 3 aromatic rings. The Morgan fingerprint density at radius 1 is 0.881 bits per heavy atom. The highest BCUT2D eigenvalue weighted by atomic mass is 79.9. The van der Waals surface area contributed by atoms with E-state index in [-0.39, 0.29) is 30.1 Å². The lowest BCUT2D eigenvalue weighted by Gasteiger charge is -2.45. The van der Waals surface area contributed by atoms with Gasteiger partial charge >= 0.3 is 5.97 Å². The van der Waals surface area contributed by atoms with Gasteiger partial charge in [-0.3, -0.25) is 19.3 Å². The second-order valence-electron chi connectivity index (χ2n) is 11.5. The number of rotatable bonds is 8. The van der Waals surface area contributed by atoms with Crippen LogP contribution < -0.4 is 5.32 Å². The van der Waals surface area contributed by atoms with Crippen molar-refractivity contribution in [2.45, 2.75) is 57.9 Å². The summed E-state index contributed by atoms with van der Waals surface area (Å²) in [5.74, 6) is -3.52. The maximum absolute atomic E-state index is 14.2. The van der Waals surface area contributed by atoms with Gasteiger partial charge in [-0.2, -0.15) is 0 Å². The van der Waals surface area contributed by atoms with Gasteiger partial charge in [0.15, 0.2) is 6.61 Å². The molecule has 4 aliphatic rings. The molecule has 7 rings (SSSR count). The average Bonchev–Trinajstić information content (AvgIpc) is 3.25. The van der Waals surface area contributed by atoms with E-state index in [0.29, 0.717) is 12.1 Å². The molecule has 1 aliphatic heterocycles. The molecule has 42 heavy (non-hydrogen) atoms. The lowest BCUT2D eigenvalue weighted by Crippen LogP contribution is -2.47. The van der Waals surface area contributed by atoms with Crippen molar-refractivity contribution in [1.82, 2.24) is 4.90 Å². The SMILES string of the molecule is CCCC[C@@H](C(=O)OCC(=O)Nc1cc(C)c(Br)cc1C)N1C(=O)[C@@H]2C3c4ccccc4C(c4ccccc43)[C@@H]2C1=O. The molecule has 0 aromatic heterocycles. The monoisotopic (exact) mass is 628 g/mol. The fraction of sp³-hybridized carbons (Fsp3) is 0.353. The van der Waals surface area contributed by atoms with Gasteiger partial charge in [0.25, 0.3) is 5.91 Å². The number of halogens is 1. The molecular formula is C34H33BrN2O5. The number of carbonyl (C=O) groups is 4. The van der Waals surface area contributed by atoms with Crippen molar-refractivity contribution >= 4 is 45.3 Å². The second kappa shape index (κ2) is 11.1. The summed E-state index contributed by atoms with van der Waals surface area (Å²) in [4.78, 5) is 55.8. The number of benzene rings is 3. The fourth-order valence-electron chi connectivity index (χ4n) is 7.09. The van der Waals surface area contributed by atoms with Crippen LogP contribution in [0.4, 0.5) is 5.69 Å². The number of esters is 1. The minimum absolute atomic E-state index is 0.250. The van der Waals surface area contributed by atoms with E-state index in [9.17, 15) is 19.2 Å². The molecule has 1 heterocycles. The highest BCUT2D eigenvalue weighted by molar-refractivity contribution is 9.10. The fourth-order valence-corrected chi connectivity index (χ4v) is 7.55. The number of hydrogen-bond donors (Lipinski definition) is 1. The van der Waals surface area contributed by atoms with Crippen LogP contribution >= 0.6 is 15.9 Å². The molecule has 3 amide bonds. The standard InChI is InChI=1S/C34H33BrN2O5/c1-4-5-14-26(34(41)42-17-27(38)36-25-16-18(2)24(35)15-19(25)3)37-32(39)30-28-20-10-6-7-11-21(20)29(31(30)33(37)40)23-13-9-8-12-22(23)28/h6-13,15-16,26,28-31H,4-5,14,17H2,1-3H3,(H,36,38)/t26-,28?,29?,30-,31+/m0/s1. The molecule has 1 N–H and O–H groups in total. The first-order chi connectivity index (χ1) is 20.2. The molecule has 2 bridgehead atoms. The molecule has 0 spiro atoms. The first kappa shape index (κ1) is 28.3. The van der Waals surface area contributed by atoms with E-state index in [1.165, 1.54) is 4.90 Å². The maximum atomic E-state index is 14.2. The van der Waals surface area contributed by atoms with Crippen LogP contribution in [-0.2, 0) is 23.9 Å². The Balaban J connectivity index is 1.25. The Hall–Kier alpha value is -3.78. The third-order valence-corrected chi connectivity index (χ3v) is 9.88.